The van der Waals surface area contributed by atoms with E-state index < -0.39 is 18.1 Å². The summed E-state index contributed by atoms with van der Waals surface area (Å²) < 4.78 is 11.2. The summed E-state index contributed by atoms with van der Waals surface area (Å²) in [6.45, 7) is 9.73. The van der Waals surface area contributed by atoms with Crippen molar-refractivity contribution in [2.24, 2.45) is 11.7 Å². The van der Waals surface area contributed by atoms with Gasteiger partial charge in [0, 0.05) is 24.0 Å². The third kappa shape index (κ3) is 4.62. The number of amides is 1. The van der Waals surface area contributed by atoms with Gasteiger partial charge in [-0.2, -0.15) is 0 Å². The summed E-state index contributed by atoms with van der Waals surface area (Å²) in [4.78, 5) is 30.6. The van der Waals surface area contributed by atoms with Crippen molar-refractivity contribution < 1.29 is 19.1 Å². The van der Waals surface area contributed by atoms with Crippen LogP contribution in [0.15, 0.2) is 37.0 Å². The molecule has 2 heterocycles. The first kappa shape index (κ1) is 21.8. The van der Waals surface area contributed by atoms with Gasteiger partial charge in [-0.3, -0.25) is 0 Å². The molecule has 160 valence electrons. The third-order valence-corrected chi connectivity index (χ3v) is 5.53. The fourth-order valence-electron chi connectivity index (χ4n) is 3.59. The van der Waals surface area contributed by atoms with Crippen LogP contribution in [0.3, 0.4) is 0 Å². The van der Waals surface area contributed by atoms with E-state index in [1.165, 1.54) is 0 Å². The largest absolute Gasteiger partial charge is 0.472 e. The Kier molecular flexibility index (Phi) is 6.72. The molecule has 0 bridgehead atoms. The zero-order valence-corrected chi connectivity index (χ0v) is 17.7. The van der Waals surface area contributed by atoms with E-state index in [-0.39, 0.29) is 18.1 Å². The molecule has 0 radical (unpaired) electrons. The molecule has 1 aromatic heterocycles. The van der Waals surface area contributed by atoms with Crippen LogP contribution in [0.2, 0.25) is 0 Å². The molecular formula is C23H29N3O4. The number of ether oxygens (including phenoxy) is 2. The maximum atomic E-state index is 12.6. The zero-order valence-electron chi connectivity index (χ0n) is 17.7. The smallest absolute Gasteiger partial charge is 0.417 e. The standard InChI is InChI=1S/C23H29N3O4/c1-5-15-7-8-16-9-10-25-21(19(16)11-15)29-18-12-17(6-2)26(13-18)23(28)30-22(27)20(24)14(3)4/h5,7-11,14,17-18,20H,1,6,12-13,24H2,2-4H3/t17?,18-,20+/m1/s1. The average molecular weight is 412 g/mol. The molecule has 1 amide bonds. The number of hydrogen-bond acceptors (Lipinski definition) is 6. The van der Waals surface area contributed by atoms with Crippen LogP contribution in [0.1, 0.15) is 39.2 Å². The van der Waals surface area contributed by atoms with Crippen molar-refractivity contribution in [1.29, 1.82) is 0 Å². The van der Waals surface area contributed by atoms with Gasteiger partial charge in [-0.15, -0.1) is 0 Å². The Hall–Kier alpha value is -2.93. The van der Waals surface area contributed by atoms with Gasteiger partial charge in [-0.1, -0.05) is 45.6 Å². The number of fused-ring (bicyclic) bond motifs is 1. The van der Waals surface area contributed by atoms with Crippen LogP contribution in [0.4, 0.5) is 4.79 Å². The predicted octanol–water partition coefficient (Wildman–Crippen LogP) is 3.76. The van der Waals surface area contributed by atoms with Crippen LogP contribution in [0.25, 0.3) is 16.8 Å². The van der Waals surface area contributed by atoms with Gasteiger partial charge in [0.25, 0.3) is 0 Å². The molecule has 1 saturated heterocycles. The lowest BCUT2D eigenvalue weighted by Gasteiger charge is -2.23. The van der Waals surface area contributed by atoms with Crippen molar-refractivity contribution in [3.63, 3.8) is 0 Å². The van der Waals surface area contributed by atoms with E-state index in [0.717, 1.165) is 22.8 Å². The molecule has 1 aliphatic heterocycles. The summed E-state index contributed by atoms with van der Waals surface area (Å²) in [7, 11) is 0. The number of hydrogen-bond donors (Lipinski definition) is 1. The normalized spacial score (nSPS) is 19.7. The second-order valence-electron chi connectivity index (χ2n) is 7.95. The summed E-state index contributed by atoms with van der Waals surface area (Å²) in [6.07, 6.45) is 3.92. The number of carbonyl (C=O) groups is 2. The molecule has 7 nitrogen and oxygen atoms in total. The van der Waals surface area contributed by atoms with Gasteiger partial charge >= 0.3 is 12.1 Å². The van der Waals surface area contributed by atoms with Crippen molar-refractivity contribution in [1.82, 2.24) is 9.88 Å². The number of carbonyl (C=O) groups excluding carboxylic acids is 2. The van der Waals surface area contributed by atoms with Gasteiger partial charge in [0.15, 0.2) is 0 Å². The molecule has 1 fully saturated rings. The van der Waals surface area contributed by atoms with Crippen LogP contribution in [0, 0.1) is 5.92 Å². The number of rotatable bonds is 6. The van der Waals surface area contributed by atoms with E-state index in [1.54, 1.807) is 31.0 Å². The van der Waals surface area contributed by atoms with Gasteiger partial charge in [0.1, 0.15) is 12.1 Å². The van der Waals surface area contributed by atoms with Crippen LogP contribution < -0.4 is 10.5 Å². The number of nitrogens with two attached hydrogens (primary N) is 1. The lowest BCUT2D eigenvalue weighted by Crippen LogP contribution is -2.43. The zero-order chi connectivity index (χ0) is 21.8. The summed E-state index contributed by atoms with van der Waals surface area (Å²) in [5.74, 6) is -0.300. The van der Waals surface area contributed by atoms with E-state index in [4.69, 9.17) is 15.2 Å². The van der Waals surface area contributed by atoms with Gasteiger partial charge in [-0.25, -0.2) is 14.6 Å². The molecule has 0 saturated carbocycles. The van der Waals surface area contributed by atoms with Crippen LogP contribution in [-0.2, 0) is 9.53 Å². The van der Waals surface area contributed by atoms with E-state index in [9.17, 15) is 9.59 Å². The number of pyridine rings is 1. The lowest BCUT2D eigenvalue weighted by atomic mass is 10.1. The minimum atomic E-state index is -0.831. The van der Waals surface area contributed by atoms with Crippen molar-refractivity contribution in [3.8, 4) is 5.88 Å². The molecule has 2 aromatic rings. The van der Waals surface area contributed by atoms with E-state index in [1.807, 2.05) is 31.2 Å². The molecule has 3 atom stereocenters. The number of likely N-dealkylation sites (tertiary alicyclic amines) is 1. The molecule has 0 spiro atoms. The monoisotopic (exact) mass is 411 g/mol. The summed E-state index contributed by atoms with van der Waals surface area (Å²) in [6, 6.07) is 6.98. The van der Waals surface area contributed by atoms with Crippen molar-refractivity contribution in [3.05, 3.63) is 42.6 Å². The fraction of sp³-hybridized carbons (Fsp3) is 0.435. The highest BCUT2D eigenvalue weighted by Gasteiger charge is 2.38. The minimum Gasteiger partial charge on any atom is -0.472 e. The second kappa shape index (κ2) is 9.26. The van der Waals surface area contributed by atoms with Crippen LogP contribution in [-0.4, -0.2) is 46.7 Å². The van der Waals surface area contributed by atoms with Gasteiger partial charge in [0.2, 0.25) is 5.88 Å². The van der Waals surface area contributed by atoms with Crippen molar-refractivity contribution >= 4 is 28.9 Å². The summed E-state index contributed by atoms with van der Waals surface area (Å²) >= 11 is 0. The van der Waals surface area contributed by atoms with E-state index in [2.05, 4.69) is 11.6 Å². The first-order valence-corrected chi connectivity index (χ1v) is 10.3. The Morgan fingerprint density at radius 2 is 2.13 bits per heavy atom. The topological polar surface area (TPSA) is 94.7 Å². The Labute approximate surface area is 176 Å². The first-order chi connectivity index (χ1) is 14.3. The maximum absolute atomic E-state index is 12.6. The molecule has 1 aromatic carbocycles. The van der Waals surface area contributed by atoms with Crippen LogP contribution >= 0.6 is 0 Å². The number of aromatic nitrogens is 1. The molecule has 0 aliphatic carbocycles. The summed E-state index contributed by atoms with van der Waals surface area (Å²) in [5, 5.41) is 1.90. The Bertz CT molecular complexity index is 943. The minimum absolute atomic E-state index is 0.0794. The Morgan fingerprint density at radius 3 is 2.80 bits per heavy atom. The quantitative estimate of drug-likeness (QED) is 0.575. The third-order valence-electron chi connectivity index (χ3n) is 5.53. The Morgan fingerprint density at radius 1 is 1.37 bits per heavy atom. The van der Waals surface area contributed by atoms with E-state index >= 15 is 0 Å². The van der Waals surface area contributed by atoms with Gasteiger partial charge in [0.05, 0.1) is 6.54 Å². The fourth-order valence-corrected chi connectivity index (χ4v) is 3.59. The SMILES string of the molecule is C=Cc1ccc2ccnc(O[C@@H]3CC(CC)N(C(=O)OC(=O)[C@@H](N)C(C)C)C3)c2c1. The van der Waals surface area contributed by atoms with Crippen molar-refractivity contribution in [2.75, 3.05) is 6.54 Å². The predicted molar refractivity (Wildman–Crippen MR) is 116 cm³/mol. The first-order valence-electron chi connectivity index (χ1n) is 10.3. The second-order valence-corrected chi connectivity index (χ2v) is 7.95. The van der Waals surface area contributed by atoms with Crippen molar-refractivity contribution in [2.45, 2.75) is 51.8 Å². The highest BCUT2D eigenvalue weighted by atomic mass is 16.6. The lowest BCUT2D eigenvalue weighted by molar-refractivity contribution is -0.141. The Balaban J connectivity index is 1.74. The molecule has 7 heteroatoms. The highest BCUT2D eigenvalue weighted by Crippen LogP contribution is 2.29. The summed E-state index contributed by atoms with van der Waals surface area (Å²) in [5.41, 5.74) is 6.77. The average Bonchev–Trinajstić information content (AvgIpc) is 3.16. The van der Waals surface area contributed by atoms with E-state index in [0.29, 0.717) is 18.8 Å². The van der Waals surface area contributed by atoms with Gasteiger partial charge < -0.3 is 20.1 Å². The van der Waals surface area contributed by atoms with Gasteiger partial charge in [-0.05, 0) is 35.4 Å². The highest BCUT2D eigenvalue weighted by molar-refractivity contribution is 5.89. The number of nitrogens with zero attached hydrogens (tertiary/aromatic N) is 2. The molecule has 30 heavy (non-hydrogen) atoms. The maximum Gasteiger partial charge on any atom is 0.417 e. The molecule has 3 rings (SSSR count). The molecule has 2 N–H and O–H groups in total. The number of esters is 1. The molecule has 1 aliphatic rings. The molecule has 1 unspecified atom stereocenters. The number of benzene rings is 1. The van der Waals surface area contributed by atoms with Crippen LogP contribution in [0.5, 0.6) is 5.88 Å². The molecular weight excluding hydrogens is 382 g/mol.